The van der Waals surface area contributed by atoms with Crippen LogP contribution in [0.4, 0.5) is 13.2 Å². The molecule has 4 aromatic heterocycles. The van der Waals surface area contributed by atoms with Crippen LogP contribution in [0.1, 0.15) is 12.1 Å². The normalized spacial score (nSPS) is 16.1. The van der Waals surface area contributed by atoms with Gasteiger partial charge < -0.3 is 4.98 Å². The zero-order valence-electron chi connectivity index (χ0n) is 17.8. The lowest BCUT2D eigenvalue weighted by Crippen LogP contribution is -2.64. The van der Waals surface area contributed by atoms with Gasteiger partial charge in [0.1, 0.15) is 16.7 Å². The van der Waals surface area contributed by atoms with Gasteiger partial charge in [-0.15, -0.1) is 0 Å². The van der Waals surface area contributed by atoms with Crippen molar-refractivity contribution in [2.75, 3.05) is 19.6 Å². The first-order chi connectivity index (χ1) is 15.7. The predicted molar refractivity (Wildman–Crippen MR) is 111 cm³/mol. The third kappa shape index (κ3) is 3.72. The van der Waals surface area contributed by atoms with Gasteiger partial charge in [-0.05, 0) is 6.92 Å². The van der Waals surface area contributed by atoms with Gasteiger partial charge in [0.2, 0.25) is 0 Å². The maximum Gasteiger partial charge on any atom is 0.401 e. The molecule has 0 saturated carbocycles. The highest BCUT2D eigenvalue weighted by atomic mass is 19.4. The lowest BCUT2D eigenvalue weighted by Gasteiger charge is -2.49. The number of halogens is 3. The number of hydrogen-bond acceptors (Lipinski definition) is 7. The van der Waals surface area contributed by atoms with Crippen molar-refractivity contribution < 1.29 is 13.2 Å². The fourth-order valence-electron chi connectivity index (χ4n) is 4.26. The second-order valence-corrected chi connectivity index (χ2v) is 8.29. The van der Waals surface area contributed by atoms with Gasteiger partial charge in [-0.2, -0.15) is 28.6 Å². The third-order valence-electron chi connectivity index (χ3n) is 5.74. The second kappa shape index (κ2) is 7.38. The maximum atomic E-state index is 12.8. The lowest BCUT2D eigenvalue weighted by molar-refractivity contribution is -0.167. The summed E-state index contributed by atoms with van der Waals surface area (Å²) in [4.78, 5) is 17.9. The molecular weight excluding hydrogens is 437 g/mol. The molecule has 0 radical (unpaired) electrons. The molecule has 1 N–H and O–H groups in total. The van der Waals surface area contributed by atoms with Crippen molar-refractivity contribution in [3.05, 3.63) is 30.6 Å². The number of aromatic nitrogens is 8. The average Bonchev–Trinajstić information content (AvgIpc) is 3.44. The summed E-state index contributed by atoms with van der Waals surface area (Å²) in [5.41, 5.74) is 2.94. The van der Waals surface area contributed by atoms with E-state index in [1.807, 2.05) is 6.20 Å². The van der Waals surface area contributed by atoms with E-state index in [0.29, 0.717) is 33.9 Å². The summed E-state index contributed by atoms with van der Waals surface area (Å²) in [6.07, 6.45) is 2.51. The van der Waals surface area contributed by atoms with Crippen LogP contribution in [0, 0.1) is 18.3 Å². The van der Waals surface area contributed by atoms with Crippen LogP contribution in [0.3, 0.4) is 0 Å². The van der Waals surface area contributed by atoms with E-state index in [4.69, 9.17) is 4.98 Å². The first-order valence-electron chi connectivity index (χ1n) is 10.1. The number of fused-ring (bicyclic) bond motifs is 1. The number of likely N-dealkylation sites (tertiary alicyclic amines) is 1. The molecule has 33 heavy (non-hydrogen) atoms. The number of aromatic amines is 1. The fourth-order valence-corrected chi connectivity index (χ4v) is 4.26. The molecule has 5 rings (SSSR count). The molecular formula is C20H19F3N10. The summed E-state index contributed by atoms with van der Waals surface area (Å²) in [6, 6.07) is 2.09. The van der Waals surface area contributed by atoms with Crippen LogP contribution in [0.25, 0.3) is 33.8 Å². The zero-order chi connectivity index (χ0) is 23.4. The molecule has 0 aromatic carbocycles. The molecule has 5 heterocycles. The van der Waals surface area contributed by atoms with Gasteiger partial charge >= 0.3 is 6.18 Å². The number of hydrogen-bond donors (Lipinski definition) is 1. The Morgan fingerprint density at radius 2 is 2.03 bits per heavy atom. The van der Waals surface area contributed by atoms with Crippen LogP contribution < -0.4 is 0 Å². The molecule has 0 unspecified atom stereocenters. The molecule has 10 nitrogen and oxygen atoms in total. The Morgan fingerprint density at radius 1 is 1.24 bits per heavy atom. The van der Waals surface area contributed by atoms with E-state index in [-0.39, 0.29) is 19.5 Å². The molecule has 0 atom stereocenters. The Bertz CT molecular complexity index is 1370. The number of H-pyrrole nitrogens is 1. The van der Waals surface area contributed by atoms with Crippen LogP contribution in [-0.2, 0) is 12.6 Å². The molecule has 1 aliphatic rings. The number of nitrogens with one attached hydrogen (secondary N) is 1. The summed E-state index contributed by atoms with van der Waals surface area (Å²) >= 11 is 0. The molecule has 1 saturated heterocycles. The molecule has 0 spiro atoms. The van der Waals surface area contributed by atoms with Crippen LogP contribution in [0.2, 0.25) is 0 Å². The smallest absolute Gasteiger partial charge is 0.341 e. The number of imidazole rings is 1. The fraction of sp³-hybridized carbons (Fsp3) is 0.400. The van der Waals surface area contributed by atoms with E-state index in [1.165, 1.54) is 11.2 Å². The number of nitriles is 1. The molecule has 170 valence electrons. The summed E-state index contributed by atoms with van der Waals surface area (Å²) < 4.78 is 41.6. The summed E-state index contributed by atoms with van der Waals surface area (Å²) in [5.74, 6) is 0.385. The molecule has 4 aromatic rings. The van der Waals surface area contributed by atoms with Crippen LogP contribution >= 0.6 is 0 Å². The second-order valence-electron chi connectivity index (χ2n) is 8.29. The van der Waals surface area contributed by atoms with Crippen molar-refractivity contribution >= 4 is 11.2 Å². The van der Waals surface area contributed by atoms with E-state index in [9.17, 15) is 18.4 Å². The number of rotatable bonds is 5. The van der Waals surface area contributed by atoms with Gasteiger partial charge in [0, 0.05) is 38.1 Å². The van der Waals surface area contributed by atoms with E-state index in [1.54, 1.807) is 35.7 Å². The summed E-state index contributed by atoms with van der Waals surface area (Å²) in [6.45, 7) is 0.933. The minimum atomic E-state index is -4.29. The Balaban J connectivity index is 1.53. The van der Waals surface area contributed by atoms with Gasteiger partial charge in [-0.3, -0.25) is 14.3 Å². The SMILES string of the molecule is Cc1nn(C2(CC#N)CN(CC(F)(F)F)C2)cc1-c1nc(-c2cnn(C)c2)c2[nH]cnc2n1. The molecule has 0 bridgehead atoms. The molecule has 13 heteroatoms. The highest BCUT2D eigenvalue weighted by Gasteiger charge is 2.49. The first-order valence-corrected chi connectivity index (χ1v) is 10.1. The molecule has 1 aliphatic heterocycles. The summed E-state index contributed by atoms with van der Waals surface area (Å²) in [5, 5.41) is 18.1. The van der Waals surface area contributed by atoms with Gasteiger partial charge in [0.05, 0.1) is 42.8 Å². The monoisotopic (exact) mass is 456 g/mol. The van der Waals surface area contributed by atoms with E-state index in [0.717, 1.165) is 5.56 Å². The van der Waals surface area contributed by atoms with E-state index in [2.05, 4.69) is 31.2 Å². The quantitative estimate of drug-likeness (QED) is 0.490. The average molecular weight is 456 g/mol. The van der Waals surface area contributed by atoms with Crippen LogP contribution in [-0.4, -0.2) is 70.2 Å². The van der Waals surface area contributed by atoms with Crippen molar-refractivity contribution in [3.63, 3.8) is 0 Å². The Hall–Kier alpha value is -3.79. The van der Waals surface area contributed by atoms with E-state index >= 15 is 0 Å². The third-order valence-corrected chi connectivity index (χ3v) is 5.74. The van der Waals surface area contributed by atoms with Gasteiger partial charge in [0.15, 0.2) is 11.5 Å². The highest BCUT2D eigenvalue weighted by molar-refractivity contribution is 5.88. The van der Waals surface area contributed by atoms with Crippen molar-refractivity contribution in [3.8, 4) is 28.7 Å². The molecule has 1 fully saturated rings. The number of nitrogens with zero attached hydrogens (tertiary/aromatic N) is 9. The Labute approximate surface area is 185 Å². The van der Waals surface area contributed by atoms with Crippen molar-refractivity contribution in [1.82, 2.24) is 44.4 Å². The minimum absolute atomic E-state index is 0.0438. The van der Waals surface area contributed by atoms with Crippen molar-refractivity contribution in [2.24, 2.45) is 7.05 Å². The number of alkyl halides is 3. The molecule has 0 aliphatic carbocycles. The summed E-state index contributed by atoms with van der Waals surface area (Å²) in [7, 11) is 1.80. The van der Waals surface area contributed by atoms with E-state index < -0.39 is 18.3 Å². The first kappa shape index (κ1) is 21.1. The standard InChI is InChI=1S/C20H19F3N10/c1-12-14(7-33(30-12)19(3-4-24)8-32(9-19)10-20(21,22)23)17-28-15(13-5-27-31(2)6-13)16-18(29-17)26-11-25-16/h5-7,11H,3,8-10H2,1-2H3,(H,25,26,28,29). The van der Waals surface area contributed by atoms with Crippen LogP contribution in [0.15, 0.2) is 24.9 Å². The zero-order valence-corrected chi connectivity index (χ0v) is 17.8. The van der Waals surface area contributed by atoms with Gasteiger partial charge in [-0.25, -0.2) is 15.0 Å². The molecule has 0 amide bonds. The van der Waals surface area contributed by atoms with Crippen molar-refractivity contribution in [1.29, 1.82) is 5.26 Å². The largest absolute Gasteiger partial charge is 0.401 e. The lowest BCUT2D eigenvalue weighted by atomic mass is 9.87. The number of aryl methyl sites for hydroxylation is 2. The maximum absolute atomic E-state index is 12.8. The predicted octanol–water partition coefficient (Wildman–Crippen LogP) is 2.41. The van der Waals surface area contributed by atoms with Crippen molar-refractivity contribution in [2.45, 2.75) is 25.1 Å². The topological polar surface area (TPSA) is 117 Å². The van der Waals surface area contributed by atoms with Gasteiger partial charge in [-0.1, -0.05) is 0 Å². The minimum Gasteiger partial charge on any atom is -0.341 e. The van der Waals surface area contributed by atoms with Crippen LogP contribution in [0.5, 0.6) is 0 Å². The Morgan fingerprint density at radius 3 is 2.70 bits per heavy atom. The highest BCUT2D eigenvalue weighted by Crippen LogP contribution is 2.36. The van der Waals surface area contributed by atoms with Gasteiger partial charge in [0.25, 0.3) is 0 Å². The Kier molecular flexibility index (Phi) is 4.71.